The molecule has 0 amide bonds. The number of para-hydroxylation sites is 1. The van der Waals surface area contributed by atoms with Gasteiger partial charge in [0.25, 0.3) is 15.7 Å². The highest BCUT2D eigenvalue weighted by Crippen LogP contribution is 2.28. The molecule has 0 aliphatic rings. The molecule has 0 saturated carbocycles. The van der Waals surface area contributed by atoms with Crippen LogP contribution < -0.4 is 9.04 Å². The Bertz CT molecular complexity index is 1160. The maximum Gasteiger partial charge on any atom is 0.326 e. The first-order valence-corrected chi connectivity index (χ1v) is 10.4. The molecule has 3 aromatic rings. The number of hydrogen-bond acceptors (Lipinski definition) is 7. The van der Waals surface area contributed by atoms with Gasteiger partial charge in [0.2, 0.25) is 0 Å². The Kier molecular flexibility index (Phi) is 6.51. The van der Waals surface area contributed by atoms with E-state index in [1.807, 2.05) is 18.2 Å². The summed E-state index contributed by atoms with van der Waals surface area (Å²) in [4.78, 5) is 21.9. The number of benzene rings is 3. The van der Waals surface area contributed by atoms with E-state index in [-0.39, 0.29) is 16.3 Å². The zero-order valence-electron chi connectivity index (χ0n) is 16.4. The first-order valence-electron chi connectivity index (χ1n) is 8.98. The summed E-state index contributed by atoms with van der Waals surface area (Å²) >= 11 is 0. The van der Waals surface area contributed by atoms with Gasteiger partial charge in [-0.3, -0.25) is 19.2 Å². The Morgan fingerprint density at radius 2 is 1.52 bits per heavy atom. The van der Waals surface area contributed by atoms with Crippen molar-refractivity contribution in [3.8, 4) is 11.5 Å². The lowest BCUT2D eigenvalue weighted by molar-refractivity contribution is -0.384. The average molecular weight is 442 g/mol. The van der Waals surface area contributed by atoms with Gasteiger partial charge in [-0.1, -0.05) is 18.2 Å². The number of methoxy groups -OCH3 is 1. The summed E-state index contributed by atoms with van der Waals surface area (Å²) in [5, 5.41) is 10.8. The SMILES string of the molecule is COC(=O)CN(c1ccc(Oc2ccccc2)cc1)S(=O)(=O)c1ccc([N+](=O)[O-])cc1. The molecule has 31 heavy (non-hydrogen) atoms. The van der Waals surface area contributed by atoms with Crippen LogP contribution in [0, 0.1) is 10.1 Å². The summed E-state index contributed by atoms with van der Waals surface area (Å²) < 4.78 is 37.5. The van der Waals surface area contributed by atoms with Crippen LogP contribution in [0.4, 0.5) is 11.4 Å². The largest absolute Gasteiger partial charge is 0.468 e. The number of esters is 1. The van der Waals surface area contributed by atoms with Crippen molar-refractivity contribution in [2.75, 3.05) is 18.0 Å². The Labute approximate surface area is 178 Å². The van der Waals surface area contributed by atoms with Crippen molar-refractivity contribution in [1.82, 2.24) is 0 Å². The highest BCUT2D eigenvalue weighted by molar-refractivity contribution is 7.92. The van der Waals surface area contributed by atoms with Gasteiger partial charge in [-0.2, -0.15) is 0 Å². The van der Waals surface area contributed by atoms with Gasteiger partial charge in [0.1, 0.15) is 18.0 Å². The molecule has 0 radical (unpaired) electrons. The normalized spacial score (nSPS) is 10.9. The summed E-state index contributed by atoms with van der Waals surface area (Å²) in [7, 11) is -3.06. The van der Waals surface area contributed by atoms with Crippen LogP contribution >= 0.6 is 0 Å². The number of ether oxygens (including phenoxy) is 2. The van der Waals surface area contributed by atoms with Gasteiger partial charge in [0.05, 0.1) is 22.6 Å². The van der Waals surface area contributed by atoms with Crippen molar-refractivity contribution >= 4 is 27.4 Å². The van der Waals surface area contributed by atoms with Crippen molar-refractivity contribution in [2.24, 2.45) is 0 Å². The lowest BCUT2D eigenvalue weighted by Gasteiger charge is -2.23. The molecule has 0 N–H and O–H groups in total. The van der Waals surface area contributed by atoms with Crippen molar-refractivity contribution in [3.63, 3.8) is 0 Å². The molecule has 0 atom stereocenters. The molecule has 0 fully saturated rings. The molecular formula is C21H18N2O7S. The number of carbonyl (C=O) groups excluding carboxylic acids is 1. The van der Waals surface area contributed by atoms with Crippen LogP contribution in [0.5, 0.6) is 11.5 Å². The minimum atomic E-state index is -4.20. The first kappa shape index (κ1) is 21.8. The predicted octanol–water partition coefficient (Wildman–Crippen LogP) is 3.76. The van der Waals surface area contributed by atoms with E-state index >= 15 is 0 Å². The standard InChI is InChI=1S/C21H18N2O7S/c1-29-21(24)15-22(31(27,28)20-13-9-17(10-14-20)23(25)26)16-7-11-19(12-8-16)30-18-5-3-2-4-6-18/h2-14H,15H2,1H3. The van der Waals surface area contributed by atoms with E-state index in [1.54, 1.807) is 24.3 Å². The summed E-state index contributed by atoms with van der Waals surface area (Å²) in [5.41, 5.74) is -0.0509. The second-order valence-electron chi connectivity index (χ2n) is 6.25. The Hall–Kier alpha value is -3.92. The lowest BCUT2D eigenvalue weighted by Crippen LogP contribution is -2.36. The van der Waals surface area contributed by atoms with Crippen LogP contribution in [0.25, 0.3) is 0 Å². The fourth-order valence-electron chi connectivity index (χ4n) is 2.67. The zero-order valence-corrected chi connectivity index (χ0v) is 17.2. The van der Waals surface area contributed by atoms with Gasteiger partial charge in [0, 0.05) is 12.1 Å². The molecule has 0 aromatic heterocycles. The molecule has 0 bridgehead atoms. The van der Waals surface area contributed by atoms with Gasteiger partial charge in [-0.25, -0.2) is 8.42 Å². The van der Waals surface area contributed by atoms with Crippen LogP contribution in [0.3, 0.4) is 0 Å². The Morgan fingerprint density at radius 3 is 2.06 bits per heavy atom. The number of carbonyl (C=O) groups is 1. The maximum atomic E-state index is 13.2. The second-order valence-corrected chi connectivity index (χ2v) is 8.11. The predicted molar refractivity (Wildman–Crippen MR) is 113 cm³/mol. The van der Waals surface area contributed by atoms with E-state index in [1.165, 1.54) is 12.1 Å². The van der Waals surface area contributed by atoms with E-state index in [0.29, 0.717) is 11.5 Å². The van der Waals surface area contributed by atoms with Gasteiger partial charge >= 0.3 is 5.97 Å². The van der Waals surface area contributed by atoms with Crippen LogP contribution in [0.1, 0.15) is 0 Å². The van der Waals surface area contributed by atoms with E-state index in [9.17, 15) is 23.3 Å². The third-order valence-corrected chi connectivity index (χ3v) is 6.03. The molecule has 10 heteroatoms. The van der Waals surface area contributed by atoms with Gasteiger partial charge in [-0.05, 0) is 48.5 Å². The minimum absolute atomic E-state index is 0.198. The van der Waals surface area contributed by atoms with Crippen molar-refractivity contribution in [1.29, 1.82) is 0 Å². The number of anilines is 1. The van der Waals surface area contributed by atoms with E-state index in [0.717, 1.165) is 35.7 Å². The molecule has 9 nitrogen and oxygen atoms in total. The molecule has 3 aromatic carbocycles. The maximum absolute atomic E-state index is 13.2. The molecule has 0 heterocycles. The molecule has 0 aliphatic heterocycles. The lowest BCUT2D eigenvalue weighted by atomic mass is 10.3. The quantitative estimate of drug-likeness (QED) is 0.296. The van der Waals surface area contributed by atoms with Gasteiger partial charge < -0.3 is 9.47 Å². The number of rotatable bonds is 8. The van der Waals surface area contributed by atoms with Crippen molar-refractivity contribution in [3.05, 3.63) is 89.0 Å². The topological polar surface area (TPSA) is 116 Å². The van der Waals surface area contributed by atoms with Crippen molar-refractivity contribution < 1.29 is 27.6 Å². The summed E-state index contributed by atoms with van der Waals surface area (Å²) in [5.74, 6) is 0.316. The molecule has 0 saturated heterocycles. The van der Waals surface area contributed by atoms with E-state index in [2.05, 4.69) is 4.74 Å². The average Bonchev–Trinajstić information content (AvgIpc) is 2.78. The monoisotopic (exact) mass is 442 g/mol. The number of nitro groups is 1. The fourth-order valence-corrected chi connectivity index (χ4v) is 4.08. The summed E-state index contributed by atoms with van der Waals surface area (Å²) in [6.07, 6.45) is 0. The van der Waals surface area contributed by atoms with Crippen LogP contribution in [-0.2, 0) is 19.6 Å². The number of non-ortho nitro benzene ring substituents is 1. The fraction of sp³-hybridized carbons (Fsp3) is 0.0952. The molecule has 160 valence electrons. The highest BCUT2D eigenvalue weighted by atomic mass is 32.2. The second kappa shape index (κ2) is 9.26. The molecule has 0 aliphatic carbocycles. The summed E-state index contributed by atoms with van der Waals surface area (Å²) in [6.45, 7) is -0.575. The number of nitrogens with zero attached hydrogens (tertiary/aromatic N) is 2. The number of sulfonamides is 1. The summed E-state index contributed by atoms with van der Waals surface area (Å²) in [6, 6.07) is 19.5. The van der Waals surface area contributed by atoms with E-state index < -0.39 is 27.5 Å². The molecule has 0 unspecified atom stereocenters. The number of hydrogen-bond donors (Lipinski definition) is 0. The Morgan fingerprint density at radius 1 is 0.935 bits per heavy atom. The van der Waals surface area contributed by atoms with Gasteiger partial charge in [-0.15, -0.1) is 0 Å². The molecule has 3 rings (SSSR count). The van der Waals surface area contributed by atoms with Crippen LogP contribution in [0.2, 0.25) is 0 Å². The molecule has 0 spiro atoms. The Balaban J connectivity index is 1.92. The van der Waals surface area contributed by atoms with Crippen LogP contribution in [-0.4, -0.2) is 33.0 Å². The zero-order chi connectivity index (χ0) is 22.4. The van der Waals surface area contributed by atoms with E-state index in [4.69, 9.17) is 4.74 Å². The van der Waals surface area contributed by atoms with Crippen LogP contribution in [0.15, 0.2) is 83.8 Å². The third kappa shape index (κ3) is 5.17. The van der Waals surface area contributed by atoms with Crippen molar-refractivity contribution in [2.45, 2.75) is 4.90 Å². The number of nitro benzene ring substituents is 1. The first-order chi connectivity index (χ1) is 14.8. The third-order valence-electron chi connectivity index (χ3n) is 4.24. The minimum Gasteiger partial charge on any atom is -0.468 e. The highest BCUT2D eigenvalue weighted by Gasteiger charge is 2.28. The van der Waals surface area contributed by atoms with Gasteiger partial charge in [0.15, 0.2) is 0 Å². The molecular weight excluding hydrogens is 424 g/mol. The smallest absolute Gasteiger partial charge is 0.326 e.